The first kappa shape index (κ1) is 14.8. The normalized spacial score (nSPS) is 15.6. The number of nitrogens with two attached hydrogens (primary N) is 2. The first-order valence-corrected chi connectivity index (χ1v) is 7.28. The van der Waals surface area contributed by atoms with Gasteiger partial charge in [0, 0.05) is 11.6 Å². The van der Waals surface area contributed by atoms with Crippen LogP contribution in [0.5, 0.6) is 0 Å². The van der Waals surface area contributed by atoms with E-state index in [2.05, 4.69) is 43.3 Å². The molecule has 0 fully saturated rings. The molecule has 20 heavy (non-hydrogen) atoms. The molecular formula is C18H24N2. The van der Waals surface area contributed by atoms with Gasteiger partial charge in [0.15, 0.2) is 0 Å². The minimum Gasteiger partial charge on any atom is -0.327 e. The lowest BCUT2D eigenvalue weighted by Crippen LogP contribution is -2.42. The van der Waals surface area contributed by atoms with Crippen molar-refractivity contribution < 1.29 is 0 Å². The molecule has 0 aliphatic heterocycles. The summed E-state index contributed by atoms with van der Waals surface area (Å²) in [6, 6.07) is 20.7. The van der Waals surface area contributed by atoms with Crippen molar-refractivity contribution in [2.45, 2.75) is 37.8 Å². The molecule has 2 unspecified atom stereocenters. The van der Waals surface area contributed by atoms with Gasteiger partial charge in [0.1, 0.15) is 0 Å². The molecule has 2 rings (SSSR count). The van der Waals surface area contributed by atoms with Gasteiger partial charge in [0.05, 0.1) is 0 Å². The van der Waals surface area contributed by atoms with Gasteiger partial charge in [0.25, 0.3) is 0 Å². The summed E-state index contributed by atoms with van der Waals surface area (Å²) in [5.41, 5.74) is 15.0. The first-order valence-electron chi connectivity index (χ1n) is 7.28. The Hall–Kier alpha value is -1.64. The average Bonchev–Trinajstić information content (AvgIpc) is 2.49. The third kappa shape index (κ3) is 3.69. The van der Waals surface area contributed by atoms with E-state index in [9.17, 15) is 0 Å². The monoisotopic (exact) mass is 268 g/mol. The maximum absolute atomic E-state index is 6.59. The SMILES string of the molecule is CCC(N)(CC(N)Cc1ccccc1)c1ccccc1. The molecule has 2 atom stereocenters. The lowest BCUT2D eigenvalue weighted by Gasteiger charge is -2.31. The zero-order valence-corrected chi connectivity index (χ0v) is 12.1. The number of hydrogen-bond donors (Lipinski definition) is 2. The molecule has 0 heterocycles. The van der Waals surface area contributed by atoms with Gasteiger partial charge < -0.3 is 11.5 Å². The fourth-order valence-electron chi connectivity index (χ4n) is 2.69. The predicted octanol–water partition coefficient (Wildman–Crippen LogP) is 3.21. The number of rotatable bonds is 6. The van der Waals surface area contributed by atoms with Gasteiger partial charge in [-0.05, 0) is 30.4 Å². The van der Waals surface area contributed by atoms with Gasteiger partial charge >= 0.3 is 0 Å². The zero-order chi connectivity index (χ0) is 14.4. The van der Waals surface area contributed by atoms with Crippen LogP contribution < -0.4 is 11.5 Å². The Morgan fingerprint density at radius 1 is 0.950 bits per heavy atom. The Morgan fingerprint density at radius 2 is 1.50 bits per heavy atom. The Kier molecular flexibility index (Phi) is 4.94. The van der Waals surface area contributed by atoms with Crippen LogP contribution in [0.4, 0.5) is 0 Å². The molecule has 0 saturated carbocycles. The van der Waals surface area contributed by atoms with E-state index in [0.717, 1.165) is 19.3 Å². The first-order chi connectivity index (χ1) is 9.64. The van der Waals surface area contributed by atoms with E-state index in [1.165, 1.54) is 11.1 Å². The topological polar surface area (TPSA) is 52.0 Å². The summed E-state index contributed by atoms with van der Waals surface area (Å²) < 4.78 is 0. The highest BCUT2D eigenvalue weighted by molar-refractivity contribution is 5.24. The van der Waals surface area contributed by atoms with Crippen LogP contribution in [0.15, 0.2) is 60.7 Å². The van der Waals surface area contributed by atoms with Gasteiger partial charge in [-0.15, -0.1) is 0 Å². The third-order valence-electron chi connectivity index (χ3n) is 3.95. The van der Waals surface area contributed by atoms with Gasteiger partial charge in [-0.25, -0.2) is 0 Å². The van der Waals surface area contributed by atoms with Crippen LogP contribution in [-0.4, -0.2) is 6.04 Å². The van der Waals surface area contributed by atoms with E-state index in [1.807, 2.05) is 24.3 Å². The van der Waals surface area contributed by atoms with Gasteiger partial charge in [0.2, 0.25) is 0 Å². The molecule has 2 heteroatoms. The van der Waals surface area contributed by atoms with E-state index in [0.29, 0.717) is 0 Å². The highest BCUT2D eigenvalue weighted by atomic mass is 14.8. The highest BCUT2D eigenvalue weighted by Gasteiger charge is 2.27. The summed E-state index contributed by atoms with van der Waals surface area (Å²) in [5, 5.41) is 0. The maximum Gasteiger partial charge on any atom is 0.0421 e. The van der Waals surface area contributed by atoms with Crippen molar-refractivity contribution in [2.75, 3.05) is 0 Å². The molecule has 0 spiro atoms. The Bertz CT molecular complexity index is 509. The van der Waals surface area contributed by atoms with E-state index in [4.69, 9.17) is 11.5 Å². The molecule has 2 aromatic carbocycles. The van der Waals surface area contributed by atoms with Crippen molar-refractivity contribution in [2.24, 2.45) is 11.5 Å². The lowest BCUT2D eigenvalue weighted by atomic mass is 9.81. The van der Waals surface area contributed by atoms with E-state index in [1.54, 1.807) is 0 Å². The maximum atomic E-state index is 6.59. The molecule has 0 saturated heterocycles. The summed E-state index contributed by atoms with van der Waals surface area (Å²) in [4.78, 5) is 0. The van der Waals surface area contributed by atoms with Gasteiger partial charge in [-0.3, -0.25) is 0 Å². The fourth-order valence-corrected chi connectivity index (χ4v) is 2.69. The zero-order valence-electron chi connectivity index (χ0n) is 12.1. The van der Waals surface area contributed by atoms with Crippen LogP contribution >= 0.6 is 0 Å². The summed E-state index contributed by atoms with van der Waals surface area (Å²) in [6.07, 6.45) is 2.55. The van der Waals surface area contributed by atoms with Gasteiger partial charge in [-0.2, -0.15) is 0 Å². The molecule has 2 aromatic rings. The fraction of sp³-hybridized carbons (Fsp3) is 0.333. The molecular weight excluding hydrogens is 244 g/mol. The number of hydrogen-bond acceptors (Lipinski definition) is 2. The molecule has 0 bridgehead atoms. The summed E-state index contributed by atoms with van der Waals surface area (Å²) in [6.45, 7) is 2.13. The van der Waals surface area contributed by atoms with Crippen molar-refractivity contribution >= 4 is 0 Å². The largest absolute Gasteiger partial charge is 0.327 e. The molecule has 0 aromatic heterocycles. The van der Waals surface area contributed by atoms with Crippen LogP contribution in [0.1, 0.15) is 30.9 Å². The second kappa shape index (κ2) is 6.69. The van der Waals surface area contributed by atoms with E-state index in [-0.39, 0.29) is 11.6 Å². The third-order valence-corrected chi connectivity index (χ3v) is 3.95. The van der Waals surface area contributed by atoms with E-state index < -0.39 is 0 Å². The second-order valence-corrected chi connectivity index (χ2v) is 5.53. The molecule has 4 N–H and O–H groups in total. The Labute approximate surface area is 121 Å². The van der Waals surface area contributed by atoms with Crippen LogP contribution in [0, 0.1) is 0 Å². The molecule has 0 radical (unpaired) electrons. The Balaban J connectivity index is 2.06. The van der Waals surface area contributed by atoms with Crippen molar-refractivity contribution in [3.05, 3.63) is 71.8 Å². The van der Waals surface area contributed by atoms with Crippen LogP contribution in [0.2, 0.25) is 0 Å². The molecule has 0 aliphatic rings. The Morgan fingerprint density at radius 3 is 2.05 bits per heavy atom. The van der Waals surface area contributed by atoms with Gasteiger partial charge in [-0.1, -0.05) is 67.6 Å². The van der Waals surface area contributed by atoms with Crippen molar-refractivity contribution in [3.8, 4) is 0 Å². The quantitative estimate of drug-likeness (QED) is 0.845. The lowest BCUT2D eigenvalue weighted by molar-refractivity contribution is 0.355. The average molecular weight is 268 g/mol. The second-order valence-electron chi connectivity index (χ2n) is 5.53. The molecule has 106 valence electrons. The number of benzene rings is 2. The molecule has 2 nitrogen and oxygen atoms in total. The smallest absolute Gasteiger partial charge is 0.0421 e. The van der Waals surface area contributed by atoms with Crippen molar-refractivity contribution in [1.82, 2.24) is 0 Å². The van der Waals surface area contributed by atoms with Crippen molar-refractivity contribution in [3.63, 3.8) is 0 Å². The molecule has 0 aliphatic carbocycles. The summed E-state index contributed by atoms with van der Waals surface area (Å²) in [7, 11) is 0. The molecule has 0 amide bonds. The van der Waals surface area contributed by atoms with Crippen LogP contribution in [0.3, 0.4) is 0 Å². The minimum absolute atomic E-state index is 0.0718. The summed E-state index contributed by atoms with van der Waals surface area (Å²) >= 11 is 0. The standard InChI is InChI=1S/C18H24N2/c1-2-18(20,16-11-7-4-8-12-16)14-17(19)13-15-9-5-3-6-10-15/h3-12,17H,2,13-14,19-20H2,1H3. The summed E-state index contributed by atoms with van der Waals surface area (Å²) in [5.74, 6) is 0. The van der Waals surface area contributed by atoms with Crippen molar-refractivity contribution in [1.29, 1.82) is 0 Å². The van der Waals surface area contributed by atoms with E-state index >= 15 is 0 Å². The predicted molar refractivity (Wildman–Crippen MR) is 85.3 cm³/mol. The minimum atomic E-state index is -0.338. The van der Waals surface area contributed by atoms with Crippen LogP contribution in [-0.2, 0) is 12.0 Å². The van der Waals surface area contributed by atoms with Crippen LogP contribution in [0.25, 0.3) is 0 Å². The highest BCUT2D eigenvalue weighted by Crippen LogP contribution is 2.27.